The number of benzene rings is 1. The fraction of sp³-hybridized carbons (Fsp3) is 0.500. The Morgan fingerprint density at radius 3 is 2.38 bits per heavy atom. The maximum atomic E-state index is 12.0. The van der Waals surface area contributed by atoms with Gasteiger partial charge in [-0.3, -0.25) is 14.4 Å². The van der Waals surface area contributed by atoms with E-state index in [9.17, 15) is 19.5 Å². The molecule has 0 aromatic heterocycles. The Morgan fingerprint density at radius 2 is 1.83 bits per heavy atom. The van der Waals surface area contributed by atoms with Crippen LogP contribution in [-0.2, 0) is 16.0 Å². The normalized spacial score (nSPS) is 11.0. The van der Waals surface area contributed by atoms with E-state index in [0.717, 1.165) is 5.56 Å². The lowest BCUT2D eigenvalue weighted by atomic mass is 9.82. The van der Waals surface area contributed by atoms with E-state index in [1.54, 1.807) is 25.2 Å². The summed E-state index contributed by atoms with van der Waals surface area (Å²) in [5.74, 6) is -1.24. The summed E-state index contributed by atoms with van der Waals surface area (Å²) in [6.45, 7) is 3.76. The van der Waals surface area contributed by atoms with Crippen LogP contribution in [0.15, 0.2) is 24.3 Å². The molecule has 0 spiro atoms. The molecule has 0 radical (unpaired) electrons. The Kier molecular flexibility index (Phi) is 7.42. The first-order chi connectivity index (χ1) is 11.4. The topological polar surface area (TPSA) is 95.5 Å². The maximum absolute atomic E-state index is 12.0. The van der Waals surface area contributed by atoms with Crippen molar-refractivity contribution in [2.75, 3.05) is 13.6 Å². The zero-order valence-electron chi connectivity index (χ0n) is 14.5. The zero-order valence-corrected chi connectivity index (χ0v) is 14.5. The number of aliphatic carboxylic acids is 1. The van der Waals surface area contributed by atoms with Gasteiger partial charge >= 0.3 is 5.97 Å². The molecule has 0 aliphatic heterocycles. The summed E-state index contributed by atoms with van der Waals surface area (Å²) < 4.78 is 0. The fourth-order valence-electron chi connectivity index (χ4n) is 2.50. The number of nitrogens with one attached hydrogen (secondary N) is 2. The van der Waals surface area contributed by atoms with Crippen LogP contribution in [-0.4, -0.2) is 36.5 Å². The van der Waals surface area contributed by atoms with Crippen molar-refractivity contribution in [1.29, 1.82) is 0 Å². The average Bonchev–Trinajstić information content (AvgIpc) is 2.60. The third kappa shape index (κ3) is 5.08. The van der Waals surface area contributed by atoms with Crippen LogP contribution >= 0.6 is 0 Å². The first-order valence-electron chi connectivity index (χ1n) is 8.19. The molecular formula is C18H26N2O4. The molecule has 3 N–H and O–H groups in total. The summed E-state index contributed by atoms with van der Waals surface area (Å²) >= 11 is 0. The minimum absolute atomic E-state index is 0.131. The maximum Gasteiger partial charge on any atom is 0.311 e. The summed E-state index contributed by atoms with van der Waals surface area (Å²) in [6, 6.07) is 7.11. The number of carboxylic acids is 1. The predicted molar refractivity (Wildman–Crippen MR) is 91.8 cm³/mol. The minimum Gasteiger partial charge on any atom is -0.481 e. The van der Waals surface area contributed by atoms with Crippen LogP contribution in [0, 0.1) is 5.41 Å². The van der Waals surface area contributed by atoms with E-state index in [1.807, 2.05) is 19.9 Å². The third-order valence-electron chi connectivity index (χ3n) is 4.49. The van der Waals surface area contributed by atoms with Gasteiger partial charge in [0.05, 0.1) is 5.41 Å². The van der Waals surface area contributed by atoms with Gasteiger partial charge in [-0.15, -0.1) is 0 Å². The van der Waals surface area contributed by atoms with Crippen LogP contribution < -0.4 is 10.6 Å². The number of carbonyl (C=O) groups excluding carboxylic acids is 2. The van der Waals surface area contributed by atoms with Gasteiger partial charge in [0.25, 0.3) is 5.91 Å². The van der Waals surface area contributed by atoms with Crippen LogP contribution in [0.4, 0.5) is 0 Å². The minimum atomic E-state index is -0.908. The summed E-state index contributed by atoms with van der Waals surface area (Å²) in [4.78, 5) is 35.0. The molecule has 132 valence electrons. The van der Waals surface area contributed by atoms with Crippen LogP contribution in [0.3, 0.4) is 0 Å². The van der Waals surface area contributed by atoms with Crippen LogP contribution in [0.2, 0.25) is 0 Å². The number of carboxylic acid groups (broad SMARTS) is 1. The molecule has 0 heterocycles. The highest BCUT2D eigenvalue weighted by molar-refractivity contribution is 5.94. The van der Waals surface area contributed by atoms with Crippen molar-refractivity contribution < 1.29 is 19.5 Å². The molecule has 1 aromatic rings. The number of carbonyl (C=O) groups is 3. The molecule has 0 atom stereocenters. The fourth-order valence-corrected chi connectivity index (χ4v) is 2.50. The molecule has 6 heteroatoms. The van der Waals surface area contributed by atoms with Crippen molar-refractivity contribution in [3.63, 3.8) is 0 Å². The molecule has 0 aliphatic carbocycles. The molecule has 1 rings (SSSR count). The summed E-state index contributed by atoms with van der Waals surface area (Å²) in [7, 11) is 1.57. The first-order valence-corrected chi connectivity index (χ1v) is 8.19. The van der Waals surface area contributed by atoms with Crippen molar-refractivity contribution in [3.05, 3.63) is 35.4 Å². The van der Waals surface area contributed by atoms with Crippen molar-refractivity contribution in [3.8, 4) is 0 Å². The van der Waals surface area contributed by atoms with Crippen molar-refractivity contribution in [2.24, 2.45) is 5.41 Å². The van der Waals surface area contributed by atoms with Crippen LogP contribution in [0.25, 0.3) is 0 Å². The molecule has 2 amide bonds. The Balaban J connectivity index is 2.58. The van der Waals surface area contributed by atoms with Gasteiger partial charge in [0.2, 0.25) is 5.91 Å². The molecule has 0 saturated heterocycles. The van der Waals surface area contributed by atoms with E-state index in [2.05, 4.69) is 10.6 Å². The van der Waals surface area contributed by atoms with Gasteiger partial charge in [-0.1, -0.05) is 26.0 Å². The Bertz CT molecular complexity index is 594. The molecule has 0 bridgehead atoms. The van der Waals surface area contributed by atoms with Gasteiger partial charge in [0.15, 0.2) is 0 Å². The van der Waals surface area contributed by atoms with Gasteiger partial charge in [0.1, 0.15) is 0 Å². The predicted octanol–water partition coefficient (Wildman–Crippen LogP) is 1.99. The summed E-state index contributed by atoms with van der Waals surface area (Å²) in [5.41, 5.74) is 0.536. The highest BCUT2D eigenvalue weighted by atomic mass is 16.4. The second kappa shape index (κ2) is 9.05. The van der Waals surface area contributed by atoms with Gasteiger partial charge in [-0.2, -0.15) is 0 Å². The second-order valence-corrected chi connectivity index (χ2v) is 5.85. The van der Waals surface area contributed by atoms with Gasteiger partial charge in [-0.05, 0) is 37.0 Å². The third-order valence-corrected chi connectivity index (χ3v) is 4.49. The molecule has 6 nitrogen and oxygen atoms in total. The van der Waals surface area contributed by atoms with E-state index in [4.69, 9.17) is 0 Å². The second-order valence-electron chi connectivity index (χ2n) is 5.85. The monoisotopic (exact) mass is 334 g/mol. The Hall–Kier alpha value is -2.37. The summed E-state index contributed by atoms with van der Waals surface area (Å²) in [5, 5.41) is 14.6. The summed E-state index contributed by atoms with van der Waals surface area (Å²) in [6.07, 6.45) is 1.68. The Morgan fingerprint density at radius 1 is 1.17 bits per heavy atom. The lowest BCUT2D eigenvalue weighted by molar-refractivity contribution is -0.149. The number of hydrogen-bond donors (Lipinski definition) is 3. The lowest BCUT2D eigenvalue weighted by Gasteiger charge is -2.26. The number of hydrogen-bond acceptors (Lipinski definition) is 3. The molecule has 0 unspecified atom stereocenters. The molecule has 24 heavy (non-hydrogen) atoms. The number of amides is 2. The van der Waals surface area contributed by atoms with Crippen molar-refractivity contribution in [2.45, 2.75) is 39.5 Å². The molecular weight excluding hydrogens is 308 g/mol. The largest absolute Gasteiger partial charge is 0.481 e. The van der Waals surface area contributed by atoms with Crippen LogP contribution in [0.1, 0.15) is 49.0 Å². The van der Waals surface area contributed by atoms with Gasteiger partial charge in [0, 0.05) is 25.6 Å². The van der Waals surface area contributed by atoms with E-state index in [1.165, 1.54) is 0 Å². The van der Waals surface area contributed by atoms with Crippen molar-refractivity contribution in [1.82, 2.24) is 10.6 Å². The highest BCUT2D eigenvalue weighted by Gasteiger charge is 2.34. The number of aryl methyl sites for hydroxylation is 1. The number of rotatable bonds is 9. The van der Waals surface area contributed by atoms with E-state index < -0.39 is 11.4 Å². The Labute approximate surface area is 142 Å². The van der Waals surface area contributed by atoms with Crippen molar-refractivity contribution >= 4 is 17.8 Å². The SMILES string of the molecule is CCC(CC)(CNC(=O)CCc1cccc(C(=O)NC)c1)C(=O)O. The zero-order chi connectivity index (χ0) is 18.2. The van der Waals surface area contributed by atoms with Gasteiger partial charge < -0.3 is 15.7 Å². The van der Waals surface area contributed by atoms with Crippen LogP contribution in [0.5, 0.6) is 0 Å². The first kappa shape index (κ1) is 19.7. The molecule has 0 aliphatic rings. The van der Waals surface area contributed by atoms with E-state index in [0.29, 0.717) is 24.8 Å². The molecule has 0 saturated carbocycles. The smallest absolute Gasteiger partial charge is 0.311 e. The average molecular weight is 334 g/mol. The molecule has 1 aromatic carbocycles. The van der Waals surface area contributed by atoms with Gasteiger partial charge in [-0.25, -0.2) is 0 Å². The highest BCUT2D eigenvalue weighted by Crippen LogP contribution is 2.25. The van der Waals surface area contributed by atoms with E-state index in [-0.39, 0.29) is 24.8 Å². The van der Waals surface area contributed by atoms with E-state index >= 15 is 0 Å². The standard InChI is InChI=1S/C18H26N2O4/c1-4-18(5-2,17(23)24)12-20-15(21)10-9-13-7-6-8-14(11-13)16(22)19-3/h6-8,11H,4-5,9-10,12H2,1-3H3,(H,19,22)(H,20,21)(H,23,24). The quantitative estimate of drug-likeness (QED) is 0.643. The molecule has 0 fully saturated rings. The lowest BCUT2D eigenvalue weighted by Crippen LogP contribution is -2.42.